The van der Waals surface area contributed by atoms with E-state index in [4.69, 9.17) is 14.2 Å². The van der Waals surface area contributed by atoms with Crippen LogP contribution in [0.3, 0.4) is 0 Å². The van der Waals surface area contributed by atoms with Crippen LogP contribution in [-0.2, 0) is 25.6 Å². The molecule has 3 rings (SSSR count). The Bertz CT molecular complexity index is 1060. The molecule has 0 spiro atoms. The molecular weight excluding hydrogens is 398 g/mol. The van der Waals surface area contributed by atoms with Crippen LogP contribution in [0.5, 0.6) is 5.75 Å². The molecule has 1 amide bonds. The Labute approximate surface area is 180 Å². The lowest BCUT2D eigenvalue weighted by molar-refractivity contribution is -0.136. The lowest BCUT2D eigenvalue weighted by Gasteiger charge is -2.18. The first-order valence-corrected chi connectivity index (χ1v) is 9.54. The molecule has 0 radical (unpaired) electrons. The van der Waals surface area contributed by atoms with Crippen LogP contribution in [0.4, 0.5) is 0 Å². The molecule has 0 fully saturated rings. The van der Waals surface area contributed by atoms with Crippen LogP contribution in [0.25, 0.3) is 6.08 Å². The van der Waals surface area contributed by atoms with Crippen LogP contribution in [-0.4, -0.2) is 44.1 Å². The fourth-order valence-corrected chi connectivity index (χ4v) is 3.33. The molecule has 0 unspecified atom stereocenters. The summed E-state index contributed by atoms with van der Waals surface area (Å²) in [5.74, 6) is -0.617. The summed E-state index contributed by atoms with van der Waals surface area (Å²) in [6.07, 6.45) is 1.62. The van der Waals surface area contributed by atoms with Gasteiger partial charge >= 0.3 is 11.9 Å². The Morgan fingerprint density at radius 2 is 1.52 bits per heavy atom. The fourth-order valence-electron chi connectivity index (χ4n) is 3.33. The van der Waals surface area contributed by atoms with Gasteiger partial charge < -0.3 is 19.1 Å². The van der Waals surface area contributed by atoms with Gasteiger partial charge in [0.15, 0.2) is 0 Å². The van der Waals surface area contributed by atoms with Crippen molar-refractivity contribution in [2.45, 2.75) is 13.5 Å². The van der Waals surface area contributed by atoms with Crippen LogP contribution in [0, 0.1) is 0 Å². The van der Waals surface area contributed by atoms with Gasteiger partial charge in [-0.05, 0) is 48.4 Å². The van der Waals surface area contributed by atoms with Crippen LogP contribution in [0.15, 0.2) is 65.4 Å². The van der Waals surface area contributed by atoms with Crippen LogP contribution in [0.2, 0.25) is 0 Å². The number of hydrogen-bond donors (Lipinski definition) is 0. The molecule has 0 saturated heterocycles. The van der Waals surface area contributed by atoms with Gasteiger partial charge in [0.05, 0.1) is 44.6 Å². The summed E-state index contributed by atoms with van der Waals surface area (Å²) in [7, 11) is 4.17. The molecule has 7 heteroatoms. The van der Waals surface area contributed by atoms with Crippen molar-refractivity contribution in [1.82, 2.24) is 4.90 Å². The normalized spacial score (nSPS) is 14.8. The van der Waals surface area contributed by atoms with Gasteiger partial charge in [0, 0.05) is 5.70 Å². The number of benzene rings is 2. The molecule has 2 aromatic carbocycles. The van der Waals surface area contributed by atoms with Crippen molar-refractivity contribution in [3.05, 3.63) is 82.1 Å². The molecule has 1 heterocycles. The topological polar surface area (TPSA) is 82.1 Å². The maximum atomic E-state index is 13.2. The van der Waals surface area contributed by atoms with Crippen molar-refractivity contribution in [2.24, 2.45) is 0 Å². The van der Waals surface area contributed by atoms with Gasteiger partial charge in [-0.3, -0.25) is 4.79 Å². The first kappa shape index (κ1) is 21.8. The number of esters is 2. The summed E-state index contributed by atoms with van der Waals surface area (Å²) in [6, 6.07) is 13.9. The molecule has 0 saturated carbocycles. The van der Waals surface area contributed by atoms with Gasteiger partial charge in [0.1, 0.15) is 5.75 Å². The lowest BCUT2D eigenvalue weighted by atomic mass is 10.0. The first-order chi connectivity index (χ1) is 14.9. The number of methoxy groups -OCH3 is 3. The zero-order valence-electron chi connectivity index (χ0n) is 17.8. The van der Waals surface area contributed by atoms with Crippen molar-refractivity contribution in [3.63, 3.8) is 0 Å². The number of allylic oxidation sites excluding steroid dienone is 1. The van der Waals surface area contributed by atoms with Crippen LogP contribution < -0.4 is 4.74 Å². The Balaban J connectivity index is 1.95. The highest BCUT2D eigenvalue weighted by Gasteiger charge is 2.36. The predicted molar refractivity (Wildman–Crippen MR) is 114 cm³/mol. The van der Waals surface area contributed by atoms with E-state index < -0.39 is 11.9 Å². The van der Waals surface area contributed by atoms with Crippen molar-refractivity contribution in [3.8, 4) is 5.75 Å². The van der Waals surface area contributed by atoms with Crippen LogP contribution in [0.1, 0.15) is 28.4 Å². The van der Waals surface area contributed by atoms with Gasteiger partial charge in [0.25, 0.3) is 5.91 Å². The van der Waals surface area contributed by atoms with Crippen molar-refractivity contribution < 1.29 is 28.6 Å². The molecule has 0 aromatic heterocycles. The van der Waals surface area contributed by atoms with E-state index in [2.05, 4.69) is 0 Å². The Morgan fingerprint density at radius 1 is 0.903 bits per heavy atom. The largest absolute Gasteiger partial charge is 0.497 e. The van der Waals surface area contributed by atoms with Gasteiger partial charge in [-0.15, -0.1) is 0 Å². The second kappa shape index (κ2) is 9.30. The van der Waals surface area contributed by atoms with E-state index in [0.29, 0.717) is 23.4 Å². The van der Waals surface area contributed by atoms with Gasteiger partial charge in [-0.2, -0.15) is 0 Å². The molecule has 31 heavy (non-hydrogen) atoms. The molecular formula is C24H23NO6. The minimum absolute atomic E-state index is 0.220. The summed E-state index contributed by atoms with van der Waals surface area (Å²) in [4.78, 5) is 38.8. The van der Waals surface area contributed by atoms with Crippen molar-refractivity contribution >= 4 is 23.9 Å². The predicted octanol–water partition coefficient (Wildman–Crippen LogP) is 3.35. The minimum Gasteiger partial charge on any atom is -0.497 e. The fraction of sp³-hybridized carbons (Fsp3) is 0.208. The van der Waals surface area contributed by atoms with E-state index >= 15 is 0 Å². The second-order valence-corrected chi connectivity index (χ2v) is 6.86. The summed E-state index contributed by atoms with van der Waals surface area (Å²) in [6.45, 7) is 2.02. The maximum absolute atomic E-state index is 13.2. The molecule has 160 valence electrons. The summed E-state index contributed by atoms with van der Waals surface area (Å²) in [5, 5.41) is 0. The van der Waals surface area contributed by atoms with Gasteiger partial charge in [-0.1, -0.05) is 24.3 Å². The van der Waals surface area contributed by atoms with E-state index in [0.717, 1.165) is 11.3 Å². The van der Waals surface area contributed by atoms with E-state index in [1.807, 2.05) is 24.3 Å². The van der Waals surface area contributed by atoms with Crippen LogP contribution >= 0.6 is 0 Å². The van der Waals surface area contributed by atoms with E-state index in [1.165, 1.54) is 14.2 Å². The number of carbonyl (C=O) groups is 3. The monoisotopic (exact) mass is 421 g/mol. The molecule has 0 aliphatic carbocycles. The van der Waals surface area contributed by atoms with Crippen molar-refractivity contribution in [1.29, 1.82) is 0 Å². The number of hydrogen-bond acceptors (Lipinski definition) is 6. The summed E-state index contributed by atoms with van der Waals surface area (Å²) >= 11 is 0. The molecule has 1 aliphatic heterocycles. The summed E-state index contributed by atoms with van der Waals surface area (Å²) < 4.78 is 14.8. The Kier molecular flexibility index (Phi) is 6.55. The third kappa shape index (κ3) is 4.50. The molecule has 0 atom stereocenters. The lowest BCUT2D eigenvalue weighted by Crippen LogP contribution is -2.24. The highest BCUT2D eigenvalue weighted by atomic mass is 16.5. The first-order valence-electron chi connectivity index (χ1n) is 9.54. The average molecular weight is 421 g/mol. The summed E-state index contributed by atoms with van der Waals surface area (Å²) in [5.41, 5.74) is 2.92. The highest BCUT2D eigenvalue weighted by molar-refractivity contribution is 6.16. The van der Waals surface area contributed by atoms with E-state index in [-0.39, 0.29) is 17.1 Å². The number of amides is 1. The Morgan fingerprint density at radius 3 is 2.06 bits per heavy atom. The van der Waals surface area contributed by atoms with Crippen molar-refractivity contribution in [2.75, 3.05) is 21.3 Å². The number of ether oxygens (including phenoxy) is 3. The molecule has 0 bridgehead atoms. The van der Waals surface area contributed by atoms with Gasteiger partial charge in [-0.25, -0.2) is 9.59 Å². The zero-order valence-corrected chi connectivity index (χ0v) is 17.8. The SMILES string of the molecule is COC(=O)C1=C(C)N(Cc2ccc(OC)cc2)C(=O)C1=Cc1ccc(C(=O)OC)cc1. The molecule has 1 aliphatic rings. The molecule has 7 nitrogen and oxygen atoms in total. The smallest absolute Gasteiger partial charge is 0.340 e. The van der Waals surface area contributed by atoms with Gasteiger partial charge in [0.2, 0.25) is 0 Å². The number of nitrogens with zero attached hydrogens (tertiary/aromatic N) is 1. The Hall–Kier alpha value is -3.87. The number of carbonyl (C=O) groups excluding carboxylic acids is 3. The third-order valence-electron chi connectivity index (χ3n) is 5.04. The standard InChI is InChI=1S/C24H23NO6/c1-15-21(24(28)31-4)20(13-16-5-9-18(10-6-16)23(27)30-3)22(26)25(15)14-17-7-11-19(29-2)12-8-17/h5-13H,14H2,1-4H3. The minimum atomic E-state index is -0.583. The maximum Gasteiger partial charge on any atom is 0.340 e. The zero-order chi connectivity index (χ0) is 22.5. The van der Waals surface area contributed by atoms with E-state index in [9.17, 15) is 14.4 Å². The second-order valence-electron chi connectivity index (χ2n) is 6.86. The number of rotatable bonds is 6. The quantitative estimate of drug-likeness (QED) is 0.526. The highest BCUT2D eigenvalue weighted by Crippen LogP contribution is 2.33. The van der Waals surface area contributed by atoms with E-state index in [1.54, 1.807) is 49.3 Å². The molecule has 0 N–H and O–H groups in total. The molecule has 2 aromatic rings. The third-order valence-corrected chi connectivity index (χ3v) is 5.04. The average Bonchev–Trinajstić information content (AvgIpc) is 3.03.